The van der Waals surface area contributed by atoms with E-state index in [4.69, 9.17) is 4.74 Å². The molecule has 0 heterocycles. The van der Waals surface area contributed by atoms with Crippen LogP contribution in [0.25, 0.3) is 0 Å². The van der Waals surface area contributed by atoms with Crippen LogP contribution in [-0.2, 0) is 4.79 Å². The first-order chi connectivity index (χ1) is 12.3. The molecule has 140 valence electrons. The standard InChI is InChI=1S/C23H31NO2/c1-7-21(19-10-9-17(5)18(6)14-19)24-23(25)22(8-2)26-20-12-15(3)11-16(4)13-20/h9-14,21-22H,7-8H2,1-6H3,(H,24,25)/t21-,22-/m1/s1. The van der Waals surface area contributed by atoms with Crippen molar-refractivity contribution in [2.24, 2.45) is 0 Å². The van der Waals surface area contributed by atoms with Crippen molar-refractivity contribution < 1.29 is 9.53 Å². The van der Waals surface area contributed by atoms with Crippen molar-refractivity contribution in [3.8, 4) is 5.75 Å². The quantitative estimate of drug-likeness (QED) is 0.729. The van der Waals surface area contributed by atoms with E-state index < -0.39 is 6.10 Å². The van der Waals surface area contributed by atoms with Gasteiger partial charge in [-0.05, 0) is 80.5 Å². The molecular weight excluding hydrogens is 322 g/mol. The third kappa shape index (κ3) is 5.10. The molecule has 3 heteroatoms. The van der Waals surface area contributed by atoms with Gasteiger partial charge in [0.05, 0.1) is 6.04 Å². The summed E-state index contributed by atoms with van der Waals surface area (Å²) in [5.74, 6) is 0.695. The van der Waals surface area contributed by atoms with Gasteiger partial charge in [-0.3, -0.25) is 4.79 Å². The molecule has 0 bridgehead atoms. The summed E-state index contributed by atoms with van der Waals surface area (Å²) in [6.07, 6.45) is 0.980. The lowest BCUT2D eigenvalue weighted by molar-refractivity contribution is -0.128. The van der Waals surface area contributed by atoms with E-state index in [1.807, 2.05) is 32.9 Å². The van der Waals surface area contributed by atoms with Gasteiger partial charge in [-0.1, -0.05) is 38.1 Å². The van der Waals surface area contributed by atoms with Crippen LogP contribution in [0.4, 0.5) is 0 Å². The number of amides is 1. The van der Waals surface area contributed by atoms with Gasteiger partial charge in [0.15, 0.2) is 6.10 Å². The minimum Gasteiger partial charge on any atom is -0.481 e. The lowest BCUT2D eigenvalue weighted by Gasteiger charge is -2.23. The fraction of sp³-hybridized carbons (Fsp3) is 0.435. The number of aryl methyl sites for hydroxylation is 4. The highest BCUT2D eigenvalue weighted by Gasteiger charge is 2.22. The summed E-state index contributed by atoms with van der Waals surface area (Å²) in [5, 5.41) is 3.17. The zero-order chi connectivity index (χ0) is 19.3. The molecule has 0 spiro atoms. The average molecular weight is 354 g/mol. The van der Waals surface area contributed by atoms with Gasteiger partial charge in [0.25, 0.3) is 5.91 Å². The van der Waals surface area contributed by atoms with E-state index in [1.165, 1.54) is 11.1 Å². The average Bonchev–Trinajstić information content (AvgIpc) is 2.59. The van der Waals surface area contributed by atoms with Gasteiger partial charge < -0.3 is 10.1 Å². The second-order valence-electron chi connectivity index (χ2n) is 7.15. The molecule has 0 unspecified atom stereocenters. The maximum absolute atomic E-state index is 12.8. The smallest absolute Gasteiger partial charge is 0.261 e. The minimum absolute atomic E-state index is 0.00121. The van der Waals surface area contributed by atoms with E-state index in [1.54, 1.807) is 0 Å². The lowest BCUT2D eigenvalue weighted by atomic mass is 9.99. The molecule has 0 saturated carbocycles. The van der Waals surface area contributed by atoms with Gasteiger partial charge in [-0.2, -0.15) is 0 Å². The monoisotopic (exact) mass is 353 g/mol. The van der Waals surface area contributed by atoms with Gasteiger partial charge in [-0.25, -0.2) is 0 Å². The lowest BCUT2D eigenvalue weighted by Crippen LogP contribution is -2.40. The van der Waals surface area contributed by atoms with Gasteiger partial charge in [0.2, 0.25) is 0 Å². The Balaban J connectivity index is 2.12. The van der Waals surface area contributed by atoms with Crippen LogP contribution in [-0.4, -0.2) is 12.0 Å². The summed E-state index contributed by atoms with van der Waals surface area (Å²) in [6, 6.07) is 12.4. The number of hydrogen-bond donors (Lipinski definition) is 1. The minimum atomic E-state index is -0.489. The van der Waals surface area contributed by atoms with Crippen LogP contribution < -0.4 is 10.1 Å². The molecular formula is C23H31NO2. The van der Waals surface area contributed by atoms with Gasteiger partial charge in [-0.15, -0.1) is 0 Å². The van der Waals surface area contributed by atoms with E-state index in [2.05, 4.69) is 50.4 Å². The molecule has 0 aliphatic rings. The summed E-state index contributed by atoms with van der Waals surface area (Å²) in [4.78, 5) is 12.8. The first-order valence-electron chi connectivity index (χ1n) is 9.46. The Kier molecular flexibility index (Phi) is 6.84. The Morgan fingerprint density at radius 1 is 0.923 bits per heavy atom. The number of nitrogens with one attached hydrogen (secondary N) is 1. The summed E-state index contributed by atoms with van der Waals surface area (Å²) >= 11 is 0. The van der Waals surface area contributed by atoms with Gasteiger partial charge in [0.1, 0.15) is 5.75 Å². The van der Waals surface area contributed by atoms with Crippen LogP contribution in [0, 0.1) is 27.7 Å². The number of carbonyl (C=O) groups excluding carboxylic acids is 1. The predicted molar refractivity (Wildman–Crippen MR) is 108 cm³/mol. The van der Waals surface area contributed by atoms with E-state index in [0.717, 1.165) is 28.9 Å². The Morgan fingerprint density at radius 3 is 2.12 bits per heavy atom. The van der Waals surface area contributed by atoms with Crippen LogP contribution >= 0.6 is 0 Å². The third-order valence-electron chi connectivity index (χ3n) is 4.79. The van der Waals surface area contributed by atoms with E-state index >= 15 is 0 Å². The van der Waals surface area contributed by atoms with Crippen molar-refractivity contribution in [1.82, 2.24) is 5.32 Å². The normalized spacial score (nSPS) is 13.2. The molecule has 0 aliphatic carbocycles. The Morgan fingerprint density at radius 2 is 1.58 bits per heavy atom. The number of ether oxygens (including phenoxy) is 1. The van der Waals surface area contributed by atoms with Crippen molar-refractivity contribution in [3.05, 3.63) is 64.2 Å². The highest BCUT2D eigenvalue weighted by atomic mass is 16.5. The molecule has 0 radical (unpaired) electrons. The molecule has 2 rings (SSSR count). The van der Waals surface area contributed by atoms with Crippen LogP contribution in [0.2, 0.25) is 0 Å². The number of hydrogen-bond acceptors (Lipinski definition) is 2. The molecule has 2 aromatic carbocycles. The first kappa shape index (κ1) is 20.0. The third-order valence-corrected chi connectivity index (χ3v) is 4.79. The Labute approximate surface area is 157 Å². The molecule has 0 aliphatic heterocycles. The van der Waals surface area contributed by atoms with Crippen LogP contribution in [0.5, 0.6) is 5.75 Å². The van der Waals surface area contributed by atoms with Crippen molar-refractivity contribution in [2.45, 2.75) is 66.5 Å². The highest BCUT2D eigenvalue weighted by Crippen LogP contribution is 2.22. The van der Waals surface area contributed by atoms with Crippen molar-refractivity contribution in [2.75, 3.05) is 0 Å². The largest absolute Gasteiger partial charge is 0.481 e. The Hall–Kier alpha value is -2.29. The highest BCUT2D eigenvalue weighted by molar-refractivity contribution is 5.81. The molecule has 1 amide bonds. The maximum Gasteiger partial charge on any atom is 0.261 e. The summed E-state index contributed by atoms with van der Waals surface area (Å²) in [6.45, 7) is 12.3. The number of benzene rings is 2. The fourth-order valence-corrected chi connectivity index (χ4v) is 3.15. The summed E-state index contributed by atoms with van der Waals surface area (Å²) < 4.78 is 6.00. The Bertz CT molecular complexity index is 747. The second-order valence-corrected chi connectivity index (χ2v) is 7.15. The molecule has 1 N–H and O–H groups in total. The second kappa shape index (κ2) is 8.88. The zero-order valence-corrected chi connectivity index (χ0v) is 16.8. The van der Waals surface area contributed by atoms with Crippen LogP contribution in [0.15, 0.2) is 36.4 Å². The number of rotatable bonds is 7. The zero-order valence-electron chi connectivity index (χ0n) is 16.8. The molecule has 0 aromatic heterocycles. The number of carbonyl (C=O) groups is 1. The molecule has 0 fully saturated rings. The van der Waals surface area contributed by atoms with Gasteiger partial charge in [0, 0.05) is 0 Å². The van der Waals surface area contributed by atoms with Crippen molar-refractivity contribution >= 4 is 5.91 Å². The van der Waals surface area contributed by atoms with Crippen LogP contribution in [0.1, 0.15) is 60.5 Å². The van der Waals surface area contributed by atoms with Crippen molar-refractivity contribution in [3.63, 3.8) is 0 Å². The SMILES string of the molecule is CC[C@@H](Oc1cc(C)cc(C)c1)C(=O)N[C@H](CC)c1ccc(C)c(C)c1. The summed E-state index contributed by atoms with van der Waals surface area (Å²) in [7, 11) is 0. The first-order valence-corrected chi connectivity index (χ1v) is 9.46. The van der Waals surface area contributed by atoms with E-state index in [-0.39, 0.29) is 11.9 Å². The van der Waals surface area contributed by atoms with Crippen molar-refractivity contribution in [1.29, 1.82) is 0 Å². The van der Waals surface area contributed by atoms with Gasteiger partial charge >= 0.3 is 0 Å². The topological polar surface area (TPSA) is 38.3 Å². The maximum atomic E-state index is 12.8. The van der Waals surface area contributed by atoms with Crippen LogP contribution in [0.3, 0.4) is 0 Å². The van der Waals surface area contributed by atoms with E-state index in [0.29, 0.717) is 6.42 Å². The fourth-order valence-electron chi connectivity index (χ4n) is 3.15. The molecule has 2 atom stereocenters. The molecule has 26 heavy (non-hydrogen) atoms. The molecule has 3 nitrogen and oxygen atoms in total. The molecule has 0 saturated heterocycles. The molecule has 2 aromatic rings. The summed E-state index contributed by atoms with van der Waals surface area (Å²) in [5.41, 5.74) is 5.92. The predicted octanol–water partition coefficient (Wildman–Crippen LogP) is 5.35. The van der Waals surface area contributed by atoms with E-state index in [9.17, 15) is 4.79 Å².